The first-order valence-corrected chi connectivity index (χ1v) is 9.19. The minimum Gasteiger partial charge on any atom is -0.507 e. The zero-order chi connectivity index (χ0) is 21.5. The molecule has 2 N–H and O–H groups in total. The number of nitrogens with one attached hydrogen (secondary N) is 1. The number of ether oxygens (including phenoxy) is 3. The zero-order valence-corrected chi connectivity index (χ0v) is 16.6. The molecule has 0 atom stereocenters. The molecule has 0 spiro atoms. The van der Waals surface area contributed by atoms with Crippen molar-refractivity contribution in [3.8, 4) is 17.6 Å². The van der Waals surface area contributed by atoms with Crippen molar-refractivity contribution in [1.29, 1.82) is 5.26 Å². The average Bonchev–Trinajstić information content (AvgIpc) is 3.20. The summed E-state index contributed by atoms with van der Waals surface area (Å²) in [4.78, 5) is 19.3. The van der Waals surface area contributed by atoms with Crippen molar-refractivity contribution in [2.45, 2.75) is 12.8 Å². The van der Waals surface area contributed by atoms with Gasteiger partial charge in [0.2, 0.25) is 0 Å². The smallest absolute Gasteiger partial charge is 0.306 e. The number of hydrogen-bond donors (Lipinski definition) is 2. The largest absolute Gasteiger partial charge is 0.507 e. The van der Waals surface area contributed by atoms with E-state index in [2.05, 4.69) is 9.97 Å². The molecule has 0 aliphatic carbocycles. The molecule has 8 heteroatoms. The van der Waals surface area contributed by atoms with Gasteiger partial charge in [0.1, 0.15) is 29.7 Å². The van der Waals surface area contributed by atoms with Gasteiger partial charge in [-0.05, 0) is 36.2 Å². The highest BCUT2D eigenvalue weighted by Gasteiger charge is 2.15. The van der Waals surface area contributed by atoms with Crippen LogP contribution in [0.15, 0.2) is 48.2 Å². The molecule has 0 bridgehead atoms. The van der Waals surface area contributed by atoms with Crippen LogP contribution in [-0.2, 0) is 16.0 Å². The summed E-state index contributed by atoms with van der Waals surface area (Å²) in [6.45, 7) is -0.416. The van der Waals surface area contributed by atoms with Crippen LogP contribution in [0.5, 0.6) is 11.5 Å². The van der Waals surface area contributed by atoms with Crippen molar-refractivity contribution in [2.24, 2.45) is 0 Å². The molecule has 3 aromatic rings. The van der Waals surface area contributed by atoms with Crippen molar-refractivity contribution in [3.05, 3.63) is 59.6 Å². The minimum absolute atomic E-state index is 0.0727. The molecule has 0 aliphatic heterocycles. The lowest BCUT2D eigenvalue weighted by atomic mass is 10.1. The van der Waals surface area contributed by atoms with Crippen LogP contribution >= 0.6 is 0 Å². The summed E-state index contributed by atoms with van der Waals surface area (Å²) in [7, 11) is 3.10. The van der Waals surface area contributed by atoms with Gasteiger partial charge in [-0.15, -0.1) is 0 Å². The van der Waals surface area contributed by atoms with E-state index in [-0.39, 0.29) is 23.6 Å². The number of nitrogens with zero attached hydrogens (tertiary/aromatic N) is 2. The van der Waals surface area contributed by atoms with E-state index in [1.54, 1.807) is 26.4 Å². The van der Waals surface area contributed by atoms with E-state index >= 15 is 0 Å². The van der Waals surface area contributed by atoms with Gasteiger partial charge >= 0.3 is 5.97 Å². The number of imidazole rings is 1. The standard InChI is InChI=1S/C22H21N3O5/c1-28-15-9-14(10-16(11-15)29-2)7-8-21(27)30-13-20(26)17(12-23)22-24-18-5-3-4-6-19(18)25-22/h3-6,9-11,26H,7-8,13H2,1-2H3,(H,24,25)/b20-17-. The molecule has 154 valence electrons. The number of allylic oxidation sites excluding steroid dienone is 1. The average molecular weight is 407 g/mol. The number of para-hydroxylation sites is 2. The molecular weight excluding hydrogens is 386 g/mol. The molecular formula is C22H21N3O5. The minimum atomic E-state index is -0.509. The van der Waals surface area contributed by atoms with E-state index in [0.29, 0.717) is 23.4 Å². The number of benzene rings is 2. The van der Waals surface area contributed by atoms with E-state index in [9.17, 15) is 15.2 Å². The normalized spacial score (nSPS) is 11.5. The number of rotatable bonds is 8. The Morgan fingerprint density at radius 2 is 1.87 bits per heavy atom. The molecule has 0 aliphatic rings. The van der Waals surface area contributed by atoms with Crippen LogP contribution in [-0.4, -0.2) is 41.9 Å². The van der Waals surface area contributed by atoms with Crippen molar-refractivity contribution >= 4 is 22.6 Å². The Bertz CT molecular complexity index is 1070. The first-order chi connectivity index (χ1) is 14.5. The van der Waals surface area contributed by atoms with E-state index in [4.69, 9.17) is 14.2 Å². The molecule has 30 heavy (non-hydrogen) atoms. The van der Waals surface area contributed by atoms with Crippen LogP contribution in [0.3, 0.4) is 0 Å². The van der Waals surface area contributed by atoms with Crippen LogP contribution in [0.1, 0.15) is 17.8 Å². The predicted molar refractivity (Wildman–Crippen MR) is 110 cm³/mol. The van der Waals surface area contributed by atoms with Gasteiger partial charge < -0.3 is 24.3 Å². The Kier molecular flexibility index (Phi) is 6.55. The number of aryl methyl sites for hydroxylation is 1. The van der Waals surface area contributed by atoms with E-state index in [1.165, 1.54) is 0 Å². The van der Waals surface area contributed by atoms with Gasteiger partial charge in [-0.1, -0.05) is 12.1 Å². The van der Waals surface area contributed by atoms with Gasteiger partial charge in [-0.25, -0.2) is 4.98 Å². The molecule has 0 saturated carbocycles. The number of nitriles is 1. The van der Waals surface area contributed by atoms with Crippen molar-refractivity contribution in [1.82, 2.24) is 9.97 Å². The number of H-pyrrole nitrogens is 1. The summed E-state index contributed by atoms with van der Waals surface area (Å²) in [5, 5.41) is 19.6. The second-order valence-corrected chi connectivity index (χ2v) is 6.42. The number of carbonyl (C=O) groups excluding carboxylic acids is 1. The van der Waals surface area contributed by atoms with Gasteiger partial charge in [0.25, 0.3) is 0 Å². The Morgan fingerprint density at radius 3 is 2.50 bits per heavy atom. The van der Waals surface area contributed by atoms with Crippen molar-refractivity contribution < 1.29 is 24.1 Å². The second kappa shape index (κ2) is 9.47. The number of methoxy groups -OCH3 is 2. The van der Waals surface area contributed by atoms with Crippen LogP contribution in [0.2, 0.25) is 0 Å². The van der Waals surface area contributed by atoms with Gasteiger partial charge in [0.15, 0.2) is 11.6 Å². The molecule has 3 rings (SSSR count). The maximum atomic E-state index is 12.1. The topological polar surface area (TPSA) is 117 Å². The van der Waals surface area contributed by atoms with E-state index in [0.717, 1.165) is 11.1 Å². The van der Waals surface area contributed by atoms with Gasteiger partial charge in [0, 0.05) is 12.5 Å². The number of aromatic amines is 1. The first-order valence-electron chi connectivity index (χ1n) is 9.19. The fourth-order valence-corrected chi connectivity index (χ4v) is 2.88. The number of aliphatic hydroxyl groups is 1. The van der Waals surface area contributed by atoms with Crippen LogP contribution in [0.25, 0.3) is 16.6 Å². The lowest BCUT2D eigenvalue weighted by Gasteiger charge is -2.09. The lowest BCUT2D eigenvalue weighted by Crippen LogP contribution is -2.10. The third kappa shape index (κ3) is 4.89. The van der Waals surface area contributed by atoms with Crippen molar-refractivity contribution in [2.75, 3.05) is 20.8 Å². The maximum absolute atomic E-state index is 12.1. The van der Waals surface area contributed by atoms with Gasteiger partial charge in [-0.3, -0.25) is 4.79 Å². The molecule has 0 amide bonds. The Balaban J connectivity index is 1.62. The van der Waals surface area contributed by atoms with Crippen LogP contribution < -0.4 is 9.47 Å². The fraction of sp³-hybridized carbons (Fsp3) is 0.227. The quantitative estimate of drug-likeness (QED) is 0.333. The number of fused-ring (bicyclic) bond motifs is 1. The number of aliphatic hydroxyl groups excluding tert-OH is 1. The highest BCUT2D eigenvalue weighted by atomic mass is 16.5. The van der Waals surface area contributed by atoms with Gasteiger partial charge in [-0.2, -0.15) is 5.26 Å². The summed E-state index contributed by atoms with van der Waals surface area (Å²) in [6, 6.07) is 14.5. The third-order valence-electron chi connectivity index (χ3n) is 4.43. The summed E-state index contributed by atoms with van der Waals surface area (Å²) >= 11 is 0. The molecule has 0 radical (unpaired) electrons. The second-order valence-electron chi connectivity index (χ2n) is 6.42. The molecule has 2 aromatic carbocycles. The Hall–Kier alpha value is -3.99. The zero-order valence-electron chi connectivity index (χ0n) is 16.6. The summed E-state index contributed by atoms with van der Waals surface area (Å²) in [5.74, 6) is 0.597. The predicted octanol–water partition coefficient (Wildman–Crippen LogP) is 3.55. The first kappa shape index (κ1) is 20.7. The monoisotopic (exact) mass is 407 g/mol. The lowest BCUT2D eigenvalue weighted by molar-refractivity contribution is -0.143. The molecule has 0 unspecified atom stereocenters. The summed E-state index contributed by atoms with van der Waals surface area (Å²) < 4.78 is 15.5. The Labute approximate surface area is 173 Å². The Morgan fingerprint density at radius 1 is 1.17 bits per heavy atom. The van der Waals surface area contributed by atoms with Crippen molar-refractivity contribution in [3.63, 3.8) is 0 Å². The van der Waals surface area contributed by atoms with E-state index in [1.807, 2.05) is 36.4 Å². The van der Waals surface area contributed by atoms with Crippen LogP contribution in [0.4, 0.5) is 0 Å². The number of carbonyl (C=O) groups is 1. The number of aromatic nitrogens is 2. The van der Waals surface area contributed by atoms with Gasteiger partial charge in [0.05, 0.1) is 25.3 Å². The summed E-state index contributed by atoms with van der Waals surface area (Å²) in [5.41, 5.74) is 2.18. The molecule has 0 fully saturated rings. The third-order valence-corrected chi connectivity index (χ3v) is 4.43. The van der Waals surface area contributed by atoms with E-state index < -0.39 is 12.6 Å². The fourth-order valence-electron chi connectivity index (χ4n) is 2.88. The molecule has 1 aromatic heterocycles. The summed E-state index contributed by atoms with van der Waals surface area (Å²) in [6.07, 6.45) is 0.502. The highest BCUT2D eigenvalue weighted by molar-refractivity contribution is 5.83. The number of hydrogen-bond acceptors (Lipinski definition) is 7. The maximum Gasteiger partial charge on any atom is 0.306 e. The molecule has 1 heterocycles. The molecule has 8 nitrogen and oxygen atoms in total. The highest BCUT2D eigenvalue weighted by Crippen LogP contribution is 2.23. The van der Waals surface area contributed by atoms with Crippen LogP contribution in [0, 0.1) is 11.3 Å². The number of esters is 1. The SMILES string of the molecule is COc1cc(CCC(=O)OC/C(O)=C(\C#N)c2nc3ccccc3[nH]2)cc(OC)c1. The molecule has 0 saturated heterocycles.